The molecule has 1 unspecified atom stereocenters. The molecule has 0 bridgehead atoms. The number of thioether (sulfide) groups is 1. The van der Waals surface area contributed by atoms with E-state index in [1.807, 2.05) is 0 Å². The normalized spacial score (nSPS) is 31.8. The maximum atomic E-state index is 5.67. The lowest BCUT2D eigenvalue weighted by Crippen LogP contribution is -2.47. The first-order valence-corrected chi connectivity index (χ1v) is 6.23. The fourth-order valence-electron chi connectivity index (χ4n) is 1.81. The third-order valence-corrected chi connectivity index (χ3v) is 3.51. The van der Waals surface area contributed by atoms with Crippen LogP contribution in [0, 0.1) is 0 Å². The summed E-state index contributed by atoms with van der Waals surface area (Å²) in [4.78, 5) is 2.52. The van der Waals surface area contributed by atoms with Crippen LogP contribution in [0.15, 0.2) is 0 Å². The maximum absolute atomic E-state index is 5.67. The quantitative estimate of drug-likeness (QED) is 0.682. The third-order valence-electron chi connectivity index (χ3n) is 2.57. The molecule has 1 N–H and O–H groups in total. The van der Waals surface area contributed by atoms with E-state index >= 15 is 0 Å². The Morgan fingerprint density at radius 3 is 2.92 bits per heavy atom. The van der Waals surface area contributed by atoms with Crippen molar-refractivity contribution < 1.29 is 4.74 Å². The predicted molar refractivity (Wildman–Crippen MR) is 56.4 cm³/mol. The van der Waals surface area contributed by atoms with Gasteiger partial charge in [0.15, 0.2) is 0 Å². The van der Waals surface area contributed by atoms with Gasteiger partial charge in [-0.15, -0.1) is 0 Å². The summed E-state index contributed by atoms with van der Waals surface area (Å²) in [6.07, 6.45) is 0.428. The molecule has 0 aromatic heterocycles. The Bertz CT molecular complexity index is 129. The molecule has 0 aliphatic carbocycles. The monoisotopic (exact) mass is 202 g/mol. The van der Waals surface area contributed by atoms with Gasteiger partial charge in [-0.3, -0.25) is 4.90 Å². The molecule has 0 aromatic rings. The molecule has 3 nitrogen and oxygen atoms in total. The summed E-state index contributed by atoms with van der Waals surface area (Å²) in [6, 6.07) is 0. The SMILES string of the molecule is C1COC(CN2CCSCC2)CN1. The van der Waals surface area contributed by atoms with Crippen molar-refractivity contribution in [2.75, 3.05) is 50.8 Å². The third kappa shape index (κ3) is 3.13. The average Bonchev–Trinajstić information content (AvgIpc) is 2.21. The van der Waals surface area contributed by atoms with Crippen LogP contribution < -0.4 is 5.32 Å². The Balaban J connectivity index is 1.69. The summed E-state index contributed by atoms with van der Waals surface area (Å²) in [5, 5.41) is 3.37. The molecule has 76 valence electrons. The van der Waals surface area contributed by atoms with Crippen LogP contribution in [0.25, 0.3) is 0 Å². The maximum Gasteiger partial charge on any atom is 0.0826 e. The molecule has 2 fully saturated rings. The van der Waals surface area contributed by atoms with E-state index in [9.17, 15) is 0 Å². The van der Waals surface area contributed by atoms with Gasteiger partial charge in [0, 0.05) is 44.2 Å². The van der Waals surface area contributed by atoms with Gasteiger partial charge in [0.1, 0.15) is 0 Å². The van der Waals surface area contributed by atoms with Crippen molar-refractivity contribution in [3.8, 4) is 0 Å². The molecule has 0 amide bonds. The minimum Gasteiger partial charge on any atom is -0.374 e. The van der Waals surface area contributed by atoms with Crippen LogP contribution in [0.5, 0.6) is 0 Å². The van der Waals surface area contributed by atoms with E-state index < -0.39 is 0 Å². The molecule has 2 saturated heterocycles. The van der Waals surface area contributed by atoms with Crippen molar-refractivity contribution in [2.24, 2.45) is 0 Å². The standard InChI is InChI=1S/C9H18N2OS/c1-4-12-9(7-10-1)8-11-2-5-13-6-3-11/h9-10H,1-8H2. The first-order chi connectivity index (χ1) is 6.45. The van der Waals surface area contributed by atoms with Crippen molar-refractivity contribution in [2.45, 2.75) is 6.10 Å². The van der Waals surface area contributed by atoms with Crippen LogP contribution in [0.4, 0.5) is 0 Å². The number of hydrogen-bond donors (Lipinski definition) is 1. The number of rotatable bonds is 2. The Kier molecular flexibility index (Phi) is 3.91. The van der Waals surface area contributed by atoms with Gasteiger partial charge < -0.3 is 10.1 Å². The molecule has 2 rings (SSSR count). The van der Waals surface area contributed by atoms with E-state index in [0.717, 1.165) is 26.2 Å². The van der Waals surface area contributed by atoms with Crippen molar-refractivity contribution in [3.63, 3.8) is 0 Å². The van der Waals surface area contributed by atoms with E-state index in [1.165, 1.54) is 24.6 Å². The smallest absolute Gasteiger partial charge is 0.0826 e. The van der Waals surface area contributed by atoms with Gasteiger partial charge in [-0.2, -0.15) is 11.8 Å². The Morgan fingerprint density at radius 2 is 2.23 bits per heavy atom. The molecule has 0 aromatic carbocycles. The van der Waals surface area contributed by atoms with Crippen LogP contribution >= 0.6 is 11.8 Å². The van der Waals surface area contributed by atoms with Gasteiger partial charge in [-0.25, -0.2) is 0 Å². The van der Waals surface area contributed by atoms with Crippen LogP contribution in [0.3, 0.4) is 0 Å². The molecule has 0 spiro atoms. The summed E-state index contributed by atoms with van der Waals surface area (Å²) in [5.41, 5.74) is 0. The lowest BCUT2D eigenvalue weighted by Gasteiger charge is -2.32. The highest BCUT2D eigenvalue weighted by molar-refractivity contribution is 7.99. The highest BCUT2D eigenvalue weighted by Gasteiger charge is 2.18. The zero-order valence-corrected chi connectivity index (χ0v) is 8.81. The first-order valence-electron chi connectivity index (χ1n) is 5.07. The first kappa shape index (κ1) is 9.77. The van der Waals surface area contributed by atoms with Crippen molar-refractivity contribution in [3.05, 3.63) is 0 Å². The van der Waals surface area contributed by atoms with Crippen molar-refractivity contribution >= 4 is 11.8 Å². The van der Waals surface area contributed by atoms with E-state index in [2.05, 4.69) is 22.0 Å². The summed E-state index contributed by atoms with van der Waals surface area (Å²) in [7, 11) is 0. The Labute approximate surface area is 84.2 Å². The van der Waals surface area contributed by atoms with Crippen LogP contribution in [-0.4, -0.2) is 61.8 Å². The molecule has 2 heterocycles. The fourth-order valence-corrected chi connectivity index (χ4v) is 2.79. The van der Waals surface area contributed by atoms with Gasteiger partial charge in [0.25, 0.3) is 0 Å². The molecule has 0 saturated carbocycles. The summed E-state index contributed by atoms with van der Waals surface area (Å²) >= 11 is 2.06. The van der Waals surface area contributed by atoms with Gasteiger partial charge in [0.05, 0.1) is 12.7 Å². The highest BCUT2D eigenvalue weighted by atomic mass is 32.2. The van der Waals surface area contributed by atoms with Gasteiger partial charge in [-0.1, -0.05) is 0 Å². The van der Waals surface area contributed by atoms with Crippen LogP contribution in [0.2, 0.25) is 0 Å². The molecule has 13 heavy (non-hydrogen) atoms. The molecular weight excluding hydrogens is 184 g/mol. The highest BCUT2D eigenvalue weighted by Crippen LogP contribution is 2.10. The lowest BCUT2D eigenvalue weighted by molar-refractivity contribution is 0.00731. The molecule has 0 radical (unpaired) electrons. The van der Waals surface area contributed by atoms with E-state index in [-0.39, 0.29) is 0 Å². The number of morpholine rings is 1. The number of hydrogen-bond acceptors (Lipinski definition) is 4. The summed E-state index contributed by atoms with van der Waals surface area (Å²) < 4.78 is 5.67. The Hall–Kier alpha value is 0.230. The van der Waals surface area contributed by atoms with Crippen LogP contribution in [-0.2, 0) is 4.74 Å². The van der Waals surface area contributed by atoms with Crippen LogP contribution in [0.1, 0.15) is 0 Å². The Morgan fingerprint density at radius 1 is 1.38 bits per heavy atom. The van der Waals surface area contributed by atoms with E-state index in [1.54, 1.807) is 0 Å². The predicted octanol–water partition coefficient (Wildman–Crippen LogP) is 0.0236. The lowest BCUT2D eigenvalue weighted by atomic mass is 10.3. The molecule has 4 heteroatoms. The molecule has 2 aliphatic rings. The summed E-state index contributed by atoms with van der Waals surface area (Å²) in [6.45, 7) is 6.53. The van der Waals surface area contributed by atoms with Gasteiger partial charge in [0.2, 0.25) is 0 Å². The zero-order chi connectivity index (χ0) is 8.93. The topological polar surface area (TPSA) is 24.5 Å². The van der Waals surface area contributed by atoms with Crippen molar-refractivity contribution in [1.29, 1.82) is 0 Å². The zero-order valence-electron chi connectivity index (χ0n) is 8.00. The number of nitrogens with zero attached hydrogens (tertiary/aromatic N) is 1. The van der Waals surface area contributed by atoms with Gasteiger partial charge >= 0.3 is 0 Å². The average molecular weight is 202 g/mol. The van der Waals surface area contributed by atoms with E-state index in [0.29, 0.717) is 6.10 Å². The van der Waals surface area contributed by atoms with E-state index in [4.69, 9.17) is 4.74 Å². The van der Waals surface area contributed by atoms with Gasteiger partial charge in [-0.05, 0) is 0 Å². The minimum atomic E-state index is 0.428. The second kappa shape index (κ2) is 5.20. The van der Waals surface area contributed by atoms with Crippen molar-refractivity contribution in [1.82, 2.24) is 10.2 Å². The molecular formula is C9H18N2OS. The second-order valence-electron chi connectivity index (χ2n) is 3.61. The fraction of sp³-hybridized carbons (Fsp3) is 1.00. The number of ether oxygens (including phenoxy) is 1. The molecule has 1 atom stereocenters. The largest absolute Gasteiger partial charge is 0.374 e. The minimum absolute atomic E-state index is 0.428. The second-order valence-corrected chi connectivity index (χ2v) is 4.83. The molecule has 2 aliphatic heterocycles. The summed E-state index contributed by atoms with van der Waals surface area (Å²) in [5.74, 6) is 2.58. The number of nitrogens with one attached hydrogen (secondary N) is 1.